The van der Waals surface area contributed by atoms with E-state index in [4.69, 9.17) is 16.6 Å². The van der Waals surface area contributed by atoms with Crippen LogP contribution in [0.25, 0.3) is 22.6 Å². The molecular formula is C17H16N2OS2. The SMILES string of the molecule is CN(C)SC(=S)Cc1ccc(-c2nc3ccccc3o2)cc1. The highest BCUT2D eigenvalue weighted by atomic mass is 32.2. The highest BCUT2D eigenvalue weighted by Gasteiger charge is 2.08. The average Bonchev–Trinajstić information content (AvgIpc) is 2.91. The van der Waals surface area contributed by atoms with E-state index in [9.17, 15) is 0 Å². The summed E-state index contributed by atoms with van der Waals surface area (Å²) >= 11 is 6.96. The molecule has 0 aliphatic heterocycles. The van der Waals surface area contributed by atoms with Gasteiger partial charge in [0.2, 0.25) is 5.89 Å². The Bertz CT molecular complexity index is 761. The number of oxazole rings is 1. The number of thiocarbonyl (C=S) groups is 1. The summed E-state index contributed by atoms with van der Waals surface area (Å²) in [4.78, 5) is 4.51. The van der Waals surface area contributed by atoms with E-state index in [1.165, 1.54) is 5.56 Å². The lowest BCUT2D eigenvalue weighted by atomic mass is 10.1. The second kappa shape index (κ2) is 6.60. The molecule has 3 rings (SSSR count). The molecule has 22 heavy (non-hydrogen) atoms. The van der Waals surface area contributed by atoms with Crippen LogP contribution < -0.4 is 0 Å². The van der Waals surface area contributed by atoms with Crippen molar-refractivity contribution in [1.29, 1.82) is 0 Å². The molecule has 0 aliphatic carbocycles. The van der Waals surface area contributed by atoms with Crippen LogP contribution in [0.4, 0.5) is 0 Å². The third kappa shape index (κ3) is 3.55. The van der Waals surface area contributed by atoms with Crippen molar-refractivity contribution in [2.75, 3.05) is 14.1 Å². The zero-order valence-corrected chi connectivity index (χ0v) is 14.1. The van der Waals surface area contributed by atoms with Gasteiger partial charge >= 0.3 is 0 Å². The normalized spacial score (nSPS) is 11.2. The Hall–Kier alpha value is -1.69. The first kappa shape index (κ1) is 15.2. The minimum atomic E-state index is 0.651. The molecule has 0 spiro atoms. The zero-order valence-electron chi connectivity index (χ0n) is 12.4. The monoisotopic (exact) mass is 328 g/mol. The summed E-state index contributed by atoms with van der Waals surface area (Å²) in [5.74, 6) is 0.651. The van der Waals surface area contributed by atoms with Gasteiger partial charge in [-0.3, -0.25) is 4.31 Å². The van der Waals surface area contributed by atoms with Crippen LogP contribution in [-0.4, -0.2) is 27.6 Å². The summed E-state index contributed by atoms with van der Waals surface area (Å²) in [7, 11) is 3.99. The topological polar surface area (TPSA) is 29.3 Å². The second-order valence-corrected chi connectivity index (χ2v) is 7.29. The number of aromatic nitrogens is 1. The fourth-order valence-corrected chi connectivity index (χ4v) is 3.42. The van der Waals surface area contributed by atoms with Gasteiger partial charge in [-0.2, -0.15) is 0 Å². The number of hydrogen-bond donors (Lipinski definition) is 0. The van der Waals surface area contributed by atoms with E-state index in [2.05, 4.69) is 17.1 Å². The number of rotatable bonds is 4. The van der Waals surface area contributed by atoms with Gasteiger partial charge in [0.15, 0.2) is 5.58 Å². The van der Waals surface area contributed by atoms with E-state index in [-0.39, 0.29) is 0 Å². The molecule has 0 amide bonds. The molecule has 0 atom stereocenters. The maximum absolute atomic E-state index is 5.78. The third-order valence-corrected chi connectivity index (χ3v) is 4.21. The molecule has 0 fully saturated rings. The maximum Gasteiger partial charge on any atom is 0.227 e. The van der Waals surface area contributed by atoms with Crippen LogP contribution in [0, 0.1) is 0 Å². The Morgan fingerprint density at radius 2 is 1.86 bits per heavy atom. The second-order valence-electron chi connectivity index (χ2n) is 5.14. The van der Waals surface area contributed by atoms with E-state index in [0.29, 0.717) is 5.89 Å². The van der Waals surface area contributed by atoms with Crippen LogP contribution in [0.5, 0.6) is 0 Å². The fraction of sp³-hybridized carbons (Fsp3) is 0.176. The molecule has 0 unspecified atom stereocenters. The van der Waals surface area contributed by atoms with Crippen LogP contribution in [0.15, 0.2) is 52.9 Å². The molecular weight excluding hydrogens is 312 g/mol. The van der Waals surface area contributed by atoms with Gasteiger partial charge in [0.05, 0.1) is 4.20 Å². The predicted molar refractivity (Wildman–Crippen MR) is 97.0 cm³/mol. The van der Waals surface area contributed by atoms with Gasteiger partial charge in [-0.15, -0.1) is 0 Å². The van der Waals surface area contributed by atoms with Gasteiger partial charge in [0.1, 0.15) is 5.52 Å². The molecule has 0 radical (unpaired) electrons. The molecule has 1 aromatic heterocycles. The molecule has 0 bridgehead atoms. The Morgan fingerprint density at radius 3 is 2.55 bits per heavy atom. The summed E-state index contributed by atoms with van der Waals surface area (Å²) < 4.78 is 8.75. The molecule has 0 saturated heterocycles. The van der Waals surface area contributed by atoms with Crippen molar-refractivity contribution in [1.82, 2.24) is 9.29 Å². The van der Waals surface area contributed by atoms with Crippen LogP contribution in [0.2, 0.25) is 0 Å². The molecule has 112 valence electrons. The number of fused-ring (bicyclic) bond motifs is 1. The number of hydrogen-bond acceptors (Lipinski definition) is 5. The lowest BCUT2D eigenvalue weighted by molar-refractivity contribution is 0.620. The van der Waals surface area contributed by atoms with Gasteiger partial charge in [-0.1, -0.05) is 36.5 Å². The molecule has 2 aromatic carbocycles. The third-order valence-electron chi connectivity index (χ3n) is 3.13. The molecule has 1 heterocycles. The predicted octanol–water partition coefficient (Wildman–Crippen LogP) is 4.57. The zero-order chi connectivity index (χ0) is 15.5. The summed E-state index contributed by atoms with van der Waals surface area (Å²) in [6.45, 7) is 0. The first-order chi connectivity index (χ1) is 10.6. The minimum Gasteiger partial charge on any atom is -0.436 e. The van der Waals surface area contributed by atoms with Gasteiger partial charge < -0.3 is 4.42 Å². The van der Waals surface area contributed by atoms with Crippen molar-refractivity contribution in [2.24, 2.45) is 0 Å². The Morgan fingerprint density at radius 1 is 1.14 bits per heavy atom. The van der Waals surface area contributed by atoms with Gasteiger partial charge in [0.25, 0.3) is 0 Å². The van der Waals surface area contributed by atoms with Crippen molar-refractivity contribution < 1.29 is 4.42 Å². The van der Waals surface area contributed by atoms with Gasteiger partial charge in [-0.25, -0.2) is 4.98 Å². The first-order valence-corrected chi connectivity index (χ1v) is 8.13. The standard InChI is InChI=1S/C17H16N2OS2/c1-19(2)22-16(21)11-12-7-9-13(10-8-12)17-18-14-5-3-4-6-15(14)20-17/h3-10H,11H2,1-2H3. The summed E-state index contributed by atoms with van der Waals surface area (Å²) in [5.41, 5.74) is 3.86. The summed E-state index contributed by atoms with van der Waals surface area (Å²) in [6, 6.07) is 16.0. The molecule has 0 N–H and O–H groups in total. The Kier molecular flexibility index (Phi) is 4.57. The summed E-state index contributed by atoms with van der Waals surface area (Å²) in [5, 5.41) is 0. The fourth-order valence-electron chi connectivity index (χ4n) is 2.16. The lowest BCUT2D eigenvalue weighted by Crippen LogP contribution is -2.06. The van der Waals surface area contributed by atoms with Crippen LogP contribution in [0.3, 0.4) is 0 Å². The number of para-hydroxylation sites is 2. The highest BCUT2D eigenvalue weighted by molar-refractivity contribution is 8.21. The van der Waals surface area contributed by atoms with Crippen LogP contribution in [-0.2, 0) is 6.42 Å². The smallest absolute Gasteiger partial charge is 0.227 e. The minimum absolute atomic E-state index is 0.651. The van der Waals surface area contributed by atoms with Gasteiger partial charge in [-0.05, 0) is 55.9 Å². The van der Waals surface area contributed by atoms with E-state index in [1.54, 1.807) is 11.9 Å². The summed E-state index contributed by atoms with van der Waals surface area (Å²) in [6.07, 6.45) is 0.784. The van der Waals surface area contributed by atoms with E-state index >= 15 is 0 Å². The number of nitrogens with zero attached hydrogens (tertiary/aromatic N) is 2. The molecule has 0 saturated carbocycles. The van der Waals surface area contributed by atoms with Crippen molar-refractivity contribution >= 4 is 39.5 Å². The maximum atomic E-state index is 5.78. The van der Waals surface area contributed by atoms with Gasteiger partial charge in [0, 0.05) is 12.0 Å². The van der Waals surface area contributed by atoms with Crippen LogP contribution >= 0.6 is 24.2 Å². The van der Waals surface area contributed by atoms with E-state index < -0.39 is 0 Å². The van der Waals surface area contributed by atoms with E-state index in [0.717, 1.165) is 27.3 Å². The van der Waals surface area contributed by atoms with Crippen LogP contribution in [0.1, 0.15) is 5.56 Å². The van der Waals surface area contributed by atoms with Crippen molar-refractivity contribution in [3.63, 3.8) is 0 Å². The van der Waals surface area contributed by atoms with Crippen molar-refractivity contribution in [3.05, 3.63) is 54.1 Å². The average molecular weight is 328 g/mol. The van der Waals surface area contributed by atoms with Crippen molar-refractivity contribution in [3.8, 4) is 11.5 Å². The molecule has 5 heteroatoms. The Labute approximate surface area is 139 Å². The number of benzene rings is 2. The van der Waals surface area contributed by atoms with E-state index in [1.807, 2.05) is 54.8 Å². The largest absolute Gasteiger partial charge is 0.436 e. The van der Waals surface area contributed by atoms with Crippen molar-refractivity contribution in [2.45, 2.75) is 6.42 Å². The Balaban J connectivity index is 1.77. The molecule has 3 nitrogen and oxygen atoms in total. The molecule has 3 aromatic rings. The molecule has 0 aliphatic rings. The highest BCUT2D eigenvalue weighted by Crippen LogP contribution is 2.24. The first-order valence-electron chi connectivity index (χ1n) is 6.95. The quantitative estimate of drug-likeness (QED) is 0.517. The lowest BCUT2D eigenvalue weighted by Gasteiger charge is -2.09.